The summed E-state index contributed by atoms with van der Waals surface area (Å²) in [5.41, 5.74) is -4.64. The van der Waals surface area contributed by atoms with Crippen LogP contribution >= 0.6 is 8.46 Å². The van der Waals surface area contributed by atoms with Gasteiger partial charge < -0.3 is 24.5 Å². The summed E-state index contributed by atoms with van der Waals surface area (Å²) < 4.78 is 64.7. The van der Waals surface area contributed by atoms with Crippen LogP contribution in [0.3, 0.4) is 0 Å². The first kappa shape index (κ1) is 21.6. The van der Waals surface area contributed by atoms with Gasteiger partial charge in [-0.05, 0) is 19.1 Å². The van der Waals surface area contributed by atoms with Gasteiger partial charge in [-0.15, -0.1) is 10.2 Å². The fourth-order valence-electron chi connectivity index (χ4n) is 3.56. The van der Waals surface area contributed by atoms with E-state index in [1.165, 1.54) is 11.0 Å². The minimum Gasteiger partial charge on any atom is -0.378 e. The minimum absolute atomic E-state index is 0.0426. The number of morpholine rings is 1. The molecule has 1 aliphatic heterocycles. The first-order valence-corrected chi connectivity index (χ1v) is 10.2. The van der Waals surface area contributed by atoms with Gasteiger partial charge in [0.15, 0.2) is 0 Å². The van der Waals surface area contributed by atoms with Crippen molar-refractivity contribution in [2.75, 3.05) is 37.8 Å². The number of anilines is 1. The lowest BCUT2D eigenvalue weighted by Crippen LogP contribution is -2.37. The van der Waals surface area contributed by atoms with Crippen molar-refractivity contribution in [2.24, 2.45) is 0 Å². The highest BCUT2D eigenvalue weighted by Crippen LogP contribution is 2.40. The third kappa shape index (κ3) is 3.67. The number of aromatic amines is 1. The van der Waals surface area contributed by atoms with Crippen LogP contribution in [-0.2, 0) is 25.7 Å². The predicted octanol–water partition coefficient (Wildman–Crippen LogP) is 1.59. The van der Waals surface area contributed by atoms with E-state index in [1.54, 1.807) is 6.92 Å². The van der Waals surface area contributed by atoms with Crippen molar-refractivity contribution < 1.29 is 32.3 Å². The summed E-state index contributed by atoms with van der Waals surface area (Å²) in [6.45, 7) is 2.50. The molecule has 1 fully saturated rings. The largest absolute Gasteiger partial charge is 0.433 e. The predicted molar refractivity (Wildman–Crippen MR) is 104 cm³/mol. The van der Waals surface area contributed by atoms with Crippen molar-refractivity contribution in [3.05, 3.63) is 33.9 Å². The van der Waals surface area contributed by atoms with Gasteiger partial charge in [-0.3, -0.25) is 9.20 Å². The van der Waals surface area contributed by atoms with E-state index in [-0.39, 0.29) is 61.1 Å². The SMILES string of the molecule is CCOC(O)([PH+]=O)c1nnc2c(=O)[nH]c3cc(C(F)(F)F)c(N4CCOCC4)cc3n12. The van der Waals surface area contributed by atoms with Gasteiger partial charge in [0.05, 0.1) is 42.1 Å². The first-order chi connectivity index (χ1) is 14.7. The molecule has 0 saturated carbocycles. The third-order valence-corrected chi connectivity index (χ3v) is 5.57. The van der Waals surface area contributed by atoms with Crippen LogP contribution in [0, 0.1) is 0 Å². The highest BCUT2D eigenvalue weighted by atomic mass is 31.1. The van der Waals surface area contributed by atoms with Crippen LogP contribution in [0.2, 0.25) is 0 Å². The normalized spacial score (nSPS) is 17.5. The summed E-state index contributed by atoms with van der Waals surface area (Å²) in [7, 11) is -1.43. The summed E-state index contributed by atoms with van der Waals surface area (Å²) in [5, 5.41) is 18.1. The van der Waals surface area contributed by atoms with Gasteiger partial charge in [0, 0.05) is 13.1 Å². The molecular formula is C17H18F3N5O5P+. The second kappa shape index (κ2) is 7.83. The smallest absolute Gasteiger partial charge is 0.378 e. The molecule has 4 rings (SSSR count). The highest BCUT2D eigenvalue weighted by Gasteiger charge is 2.46. The molecule has 0 radical (unpaired) electrons. The van der Waals surface area contributed by atoms with Crippen LogP contribution in [0.25, 0.3) is 16.7 Å². The Morgan fingerprint density at radius 1 is 1.29 bits per heavy atom. The fourth-order valence-corrected chi connectivity index (χ4v) is 4.02. The first-order valence-electron chi connectivity index (χ1n) is 9.30. The Hall–Kier alpha value is -2.60. The average Bonchev–Trinajstić information content (AvgIpc) is 3.20. The van der Waals surface area contributed by atoms with Crippen molar-refractivity contribution in [1.29, 1.82) is 0 Å². The number of H-pyrrole nitrogens is 1. The van der Waals surface area contributed by atoms with E-state index in [0.717, 1.165) is 10.5 Å². The number of ether oxygens (including phenoxy) is 2. The van der Waals surface area contributed by atoms with Crippen LogP contribution in [0.1, 0.15) is 18.3 Å². The van der Waals surface area contributed by atoms with Crippen LogP contribution in [0.15, 0.2) is 16.9 Å². The fraction of sp³-hybridized carbons (Fsp3) is 0.471. The molecule has 1 aliphatic rings. The lowest BCUT2D eigenvalue weighted by molar-refractivity contribution is -0.143. The molecule has 0 amide bonds. The maximum atomic E-state index is 13.8. The van der Waals surface area contributed by atoms with E-state index in [1.807, 2.05) is 0 Å². The van der Waals surface area contributed by atoms with E-state index in [4.69, 9.17) is 9.47 Å². The topological polar surface area (TPSA) is 122 Å². The Morgan fingerprint density at radius 2 is 2.00 bits per heavy atom. The summed E-state index contributed by atoms with van der Waals surface area (Å²) in [6, 6.07) is 2.06. The van der Waals surface area contributed by atoms with Crippen LogP contribution in [-0.4, -0.2) is 57.6 Å². The van der Waals surface area contributed by atoms with Crippen molar-refractivity contribution in [3.63, 3.8) is 0 Å². The maximum absolute atomic E-state index is 13.8. The Labute approximate surface area is 173 Å². The molecule has 2 atom stereocenters. The molecule has 166 valence electrons. The number of hydrogen-bond acceptors (Lipinski definition) is 8. The van der Waals surface area contributed by atoms with Gasteiger partial charge in [-0.25, -0.2) is 0 Å². The van der Waals surface area contributed by atoms with Gasteiger partial charge in [-0.1, -0.05) is 4.57 Å². The molecule has 0 bridgehead atoms. The minimum atomic E-state index is -4.69. The number of hydrogen-bond donors (Lipinski definition) is 2. The number of fused-ring (bicyclic) bond motifs is 3. The number of nitrogens with one attached hydrogen (secondary N) is 1. The number of halogens is 3. The van der Waals surface area contributed by atoms with Gasteiger partial charge >= 0.3 is 20.2 Å². The van der Waals surface area contributed by atoms with Gasteiger partial charge in [0.25, 0.3) is 11.4 Å². The maximum Gasteiger partial charge on any atom is 0.433 e. The Balaban J connectivity index is 2.08. The summed E-state index contributed by atoms with van der Waals surface area (Å²) >= 11 is 0. The number of aromatic nitrogens is 4. The molecule has 0 spiro atoms. The average molecular weight is 460 g/mol. The number of benzene rings is 1. The lowest BCUT2D eigenvalue weighted by atomic mass is 10.1. The Kier molecular flexibility index (Phi) is 5.46. The van der Waals surface area contributed by atoms with Crippen molar-refractivity contribution in [2.45, 2.75) is 18.6 Å². The molecule has 1 saturated heterocycles. The zero-order chi connectivity index (χ0) is 22.4. The summed E-state index contributed by atoms with van der Waals surface area (Å²) in [5.74, 6) is -0.374. The number of alkyl halides is 3. The van der Waals surface area contributed by atoms with Crippen LogP contribution in [0.5, 0.6) is 0 Å². The zero-order valence-corrected chi connectivity index (χ0v) is 17.2. The molecule has 3 aromatic rings. The van der Waals surface area contributed by atoms with E-state index in [2.05, 4.69) is 15.2 Å². The molecule has 2 N–H and O–H groups in total. The monoisotopic (exact) mass is 460 g/mol. The van der Waals surface area contributed by atoms with Crippen LogP contribution < -0.4 is 10.5 Å². The van der Waals surface area contributed by atoms with Crippen molar-refractivity contribution in [3.8, 4) is 0 Å². The molecular weight excluding hydrogens is 442 g/mol. The second-order valence-corrected chi connectivity index (χ2v) is 7.68. The standard InChI is InChI=1S/C17H17F3N5O5P/c1-2-30-17(27,31-28)15-23-22-13-14(26)21-10-7-9(16(18,19)20)11(8-12(10)25(13)15)24-3-5-29-6-4-24/h7-8,27H,2-6H2,1H3,(H,21,26)/p+1. The quantitative estimate of drug-likeness (QED) is 0.435. The van der Waals surface area contributed by atoms with Crippen LogP contribution in [0.4, 0.5) is 18.9 Å². The summed E-state index contributed by atoms with van der Waals surface area (Å²) in [6.07, 6.45) is -4.69. The van der Waals surface area contributed by atoms with Crippen molar-refractivity contribution in [1.82, 2.24) is 19.6 Å². The van der Waals surface area contributed by atoms with E-state index in [0.29, 0.717) is 0 Å². The number of nitrogens with zero attached hydrogens (tertiary/aromatic N) is 4. The molecule has 31 heavy (non-hydrogen) atoms. The molecule has 14 heteroatoms. The van der Waals surface area contributed by atoms with E-state index >= 15 is 0 Å². The molecule has 10 nitrogen and oxygen atoms in total. The number of aliphatic hydroxyl groups is 1. The van der Waals surface area contributed by atoms with E-state index < -0.39 is 31.3 Å². The molecule has 2 aromatic heterocycles. The molecule has 3 heterocycles. The molecule has 1 aromatic carbocycles. The Morgan fingerprint density at radius 3 is 2.61 bits per heavy atom. The van der Waals surface area contributed by atoms with E-state index in [9.17, 15) is 27.6 Å². The van der Waals surface area contributed by atoms with Gasteiger partial charge in [0.2, 0.25) is 5.65 Å². The van der Waals surface area contributed by atoms with Gasteiger partial charge in [0.1, 0.15) is 0 Å². The van der Waals surface area contributed by atoms with Gasteiger partial charge in [-0.2, -0.15) is 13.2 Å². The molecule has 0 aliphatic carbocycles. The van der Waals surface area contributed by atoms with Crippen molar-refractivity contribution >= 4 is 30.8 Å². The zero-order valence-electron chi connectivity index (χ0n) is 16.2. The highest BCUT2D eigenvalue weighted by molar-refractivity contribution is 7.24. The number of rotatable bonds is 5. The summed E-state index contributed by atoms with van der Waals surface area (Å²) in [4.78, 5) is 16.3. The second-order valence-electron chi connectivity index (χ2n) is 6.80. The Bertz CT molecular complexity index is 1210. The third-order valence-electron chi connectivity index (χ3n) is 4.92. The molecule has 2 unspecified atom stereocenters. The lowest BCUT2D eigenvalue weighted by Gasteiger charge is -2.31.